The van der Waals surface area contributed by atoms with Crippen LogP contribution in [0.2, 0.25) is 0 Å². The van der Waals surface area contributed by atoms with E-state index in [1.165, 1.54) is 19.1 Å². The highest BCUT2D eigenvalue weighted by atomic mass is 32.2. The van der Waals surface area contributed by atoms with Crippen LogP contribution in [0.25, 0.3) is 0 Å². The Morgan fingerprint density at radius 2 is 1.44 bits per heavy atom. The molecule has 41 heavy (non-hydrogen) atoms. The first kappa shape index (κ1) is 48.6. The van der Waals surface area contributed by atoms with E-state index in [0.29, 0.717) is 25.7 Å². The van der Waals surface area contributed by atoms with Crippen molar-refractivity contribution >= 4 is 33.3 Å². The molecule has 1 aromatic carbocycles. The summed E-state index contributed by atoms with van der Waals surface area (Å²) >= 11 is 0. The first-order valence-electron chi connectivity index (χ1n) is 12.7. The molecule has 1 rings (SSSR count). The molecule has 9 nitrogen and oxygen atoms in total. The summed E-state index contributed by atoms with van der Waals surface area (Å²) in [6.07, 6.45) is 6.69. The molecule has 0 radical (unpaired) electrons. The van der Waals surface area contributed by atoms with Crippen molar-refractivity contribution in [3.05, 3.63) is 24.3 Å². The Bertz CT molecular complexity index is 946. The quantitative estimate of drug-likeness (QED) is 0.140. The number of benzene rings is 1. The number of anilines is 1. The molecule has 0 aliphatic heterocycles. The van der Waals surface area contributed by atoms with E-state index in [1.807, 2.05) is 13.8 Å². The molecule has 0 spiro atoms. The summed E-state index contributed by atoms with van der Waals surface area (Å²) < 4.78 is 38.6. The van der Waals surface area contributed by atoms with Crippen LogP contribution in [0.4, 0.5) is 5.69 Å². The fourth-order valence-corrected chi connectivity index (χ4v) is 4.74. The van der Waals surface area contributed by atoms with E-state index in [0.717, 1.165) is 39.2 Å². The number of unbranched alkanes of at least 4 members (excludes halogenated alkanes) is 4. The number of hydrogen-bond donors (Lipinski definition) is 1. The van der Waals surface area contributed by atoms with Crippen LogP contribution in [0.15, 0.2) is 29.2 Å². The van der Waals surface area contributed by atoms with Gasteiger partial charge in [0.15, 0.2) is 11.6 Å². The molecule has 1 amide bonds. The number of para-hydroxylation sites is 1. The summed E-state index contributed by atoms with van der Waals surface area (Å²) in [7, 11) is 0.337. The van der Waals surface area contributed by atoms with Crippen LogP contribution in [-0.4, -0.2) is 58.9 Å². The van der Waals surface area contributed by atoms with Gasteiger partial charge in [-0.15, -0.1) is 0 Å². The number of ketones is 2. The Morgan fingerprint density at radius 3 is 1.85 bits per heavy atom. The average molecular weight is 610 g/mol. The zero-order valence-electron chi connectivity index (χ0n) is 23.4. The maximum absolute atomic E-state index is 12.2. The molecule has 0 aliphatic rings. The van der Waals surface area contributed by atoms with E-state index in [-0.39, 0.29) is 65.3 Å². The fraction of sp³-hybridized carbons (Fsp3) is 0.710. The summed E-state index contributed by atoms with van der Waals surface area (Å²) in [5, 5.41) is 2.65. The van der Waals surface area contributed by atoms with Gasteiger partial charge in [0, 0.05) is 22.1 Å². The number of rotatable bonds is 17. The highest BCUT2D eigenvalue weighted by Crippen LogP contribution is 2.25. The molecule has 2 atom stereocenters. The van der Waals surface area contributed by atoms with Crippen LogP contribution < -0.4 is 5.32 Å². The number of carbonyl (C=O) groups excluding carboxylic acids is 3. The van der Waals surface area contributed by atoms with Gasteiger partial charge in [0.25, 0.3) is 10.1 Å². The van der Waals surface area contributed by atoms with Gasteiger partial charge >= 0.3 is 0 Å². The van der Waals surface area contributed by atoms with E-state index in [4.69, 9.17) is 9.47 Å². The van der Waals surface area contributed by atoms with Crippen molar-refractivity contribution in [2.45, 2.75) is 132 Å². The highest BCUT2D eigenvalue weighted by Gasteiger charge is 2.32. The molecule has 0 saturated heterocycles. The van der Waals surface area contributed by atoms with Crippen LogP contribution in [-0.2, 0) is 38.2 Å². The first-order chi connectivity index (χ1) is 17.4. The van der Waals surface area contributed by atoms with E-state index < -0.39 is 15.7 Å². The molecule has 0 heterocycles. The first-order valence-corrected chi connectivity index (χ1v) is 14.1. The van der Waals surface area contributed by atoms with Gasteiger partial charge in [0.1, 0.15) is 16.6 Å². The molecule has 0 aliphatic carbocycles. The molecule has 0 bridgehead atoms. The Morgan fingerprint density at radius 1 is 0.902 bits per heavy atom. The second-order valence-corrected chi connectivity index (χ2v) is 10.5. The van der Waals surface area contributed by atoms with Crippen LogP contribution >= 0.6 is 0 Å². The van der Waals surface area contributed by atoms with Crippen molar-refractivity contribution in [1.82, 2.24) is 0 Å². The SMILES string of the molecule is C.C.C.C.CCC(CCCCCCCC(=O)Nc1ccccc1S(=O)(=O)OC)(OC)C(C)=O.CCC(OC)C(C)=O.[HH]. The predicted octanol–water partition coefficient (Wildman–Crippen LogP) is 7.87. The normalized spacial score (nSPS) is 12.3. The topological polar surface area (TPSA) is 125 Å². The van der Waals surface area contributed by atoms with Gasteiger partial charge in [-0.25, -0.2) is 0 Å². The molecule has 0 aromatic heterocycles. The summed E-state index contributed by atoms with van der Waals surface area (Å²) in [4.78, 5) is 34.4. The number of amides is 1. The molecule has 0 fully saturated rings. The lowest BCUT2D eigenvalue weighted by Gasteiger charge is -2.28. The molecule has 246 valence electrons. The van der Waals surface area contributed by atoms with Crippen molar-refractivity contribution < 1.29 is 37.9 Å². The van der Waals surface area contributed by atoms with Gasteiger partial charge in [-0.1, -0.05) is 81.4 Å². The van der Waals surface area contributed by atoms with Crippen LogP contribution in [0.3, 0.4) is 0 Å². The molecule has 10 heteroatoms. The van der Waals surface area contributed by atoms with Crippen LogP contribution in [0.1, 0.15) is 117 Å². The van der Waals surface area contributed by atoms with Gasteiger partial charge in [-0.2, -0.15) is 8.42 Å². The lowest BCUT2D eigenvalue weighted by molar-refractivity contribution is -0.140. The highest BCUT2D eigenvalue weighted by molar-refractivity contribution is 7.87. The number of ether oxygens (including phenoxy) is 2. The maximum atomic E-state index is 12.2. The van der Waals surface area contributed by atoms with Crippen LogP contribution in [0, 0.1) is 0 Å². The van der Waals surface area contributed by atoms with Crippen molar-refractivity contribution in [2.75, 3.05) is 26.6 Å². The second-order valence-electron chi connectivity index (χ2n) is 8.78. The van der Waals surface area contributed by atoms with Crippen molar-refractivity contribution in [3.63, 3.8) is 0 Å². The lowest BCUT2D eigenvalue weighted by Crippen LogP contribution is -2.38. The largest absolute Gasteiger partial charge is 0.374 e. The second kappa shape index (κ2) is 25.6. The summed E-state index contributed by atoms with van der Waals surface area (Å²) in [6.45, 7) is 6.99. The minimum atomic E-state index is -3.88. The van der Waals surface area contributed by atoms with Crippen molar-refractivity contribution in [3.8, 4) is 0 Å². The van der Waals surface area contributed by atoms with Crippen LogP contribution in [0.5, 0.6) is 0 Å². The summed E-state index contributed by atoms with van der Waals surface area (Å²) in [5.74, 6) is -0.0605. The fourth-order valence-electron chi connectivity index (χ4n) is 3.93. The Hall–Kier alpha value is -2.14. The predicted molar refractivity (Wildman–Crippen MR) is 173 cm³/mol. The standard InChI is InChI=1S/C21H33NO6S.C6H12O2.4CH4.H2/c1-5-21(27-3,17(2)23)16-12-8-6-7-9-15-20(24)22-18-13-10-11-14-19(18)29(25,26)28-4;1-4-6(8-3)5(2)7;;;;;/h10-11,13-14H,5-9,12,15-16H2,1-4H3,(H,22,24);6H,4H2,1-3H3;4*1H4;1H. The Kier molecular flexibility index (Phi) is 30.3. The number of nitrogens with one attached hydrogen (secondary N) is 1. The summed E-state index contributed by atoms with van der Waals surface area (Å²) in [6, 6.07) is 6.16. The maximum Gasteiger partial charge on any atom is 0.298 e. The number of methoxy groups -OCH3 is 2. The van der Waals surface area contributed by atoms with Gasteiger partial charge < -0.3 is 14.8 Å². The monoisotopic (exact) mass is 609 g/mol. The van der Waals surface area contributed by atoms with Gasteiger partial charge in [-0.3, -0.25) is 18.6 Å². The lowest BCUT2D eigenvalue weighted by atomic mass is 9.89. The zero-order valence-corrected chi connectivity index (χ0v) is 24.2. The number of hydrogen-bond acceptors (Lipinski definition) is 8. The third kappa shape index (κ3) is 17.4. The molecular weight excluding hydrogens is 546 g/mol. The minimum absolute atomic E-state index is 0. The van der Waals surface area contributed by atoms with E-state index >= 15 is 0 Å². The Labute approximate surface area is 253 Å². The van der Waals surface area contributed by atoms with E-state index in [2.05, 4.69) is 9.50 Å². The van der Waals surface area contributed by atoms with E-state index in [1.54, 1.807) is 33.3 Å². The van der Waals surface area contributed by atoms with Gasteiger partial charge in [0.2, 0.25) is 5.91 Å². The average Bonchev–Trinajstić information content (AvgIpc) is 2.87. The molecule has 0 saturated carbocycles. The van der Waals surface area contributed by atoms with Crippen molar-refractivity contribution in [1.29, 1.82) is 0 Å². The van der Waals surface area contributed by atoms with Gasteiger partial charge in [0.05, 0.1) is 12.8 Å². The molecular formula is C31H63NO8S. The minimum Gasteiger partial charge on any atom is -0.374 e. The van der Waals surface area contributed by atoms with Gasteiger partial charge in [-0.05, 0) is 51.7 Å². The zero-order chi connectivity index (χ0) is 28.5. The number of carbonyl (C=O) groups is 3. The van der Waals surface area contributed by atoms with E-state index in [9.17, 15) is 22.8 Å². The smallest absolute Gasteiger partial charge is 0.298 e. The third-order valence-corrected chi connectivity index (χ3v) is 7.68. The van der Waals surface area contributed by atoms with Crippen molar-refractivity contribution in [2.24, 2.45) is 0 Å². The molecule has 2 unspecified atom stereocenters. The summed E-state index contributed by atoms with van der Waals surface area (Å²) in [5.41, 5.74) is -0.449. The number of Topliss-reactive ketones (excluding diaryl/α,β-unsaturated/α-hetero) is 2. The molecule has 1 aromatic rings. The molecule has 1 N–H and O–H groups in total. The Balaban J connectivity index is -0.000000219. The third-order valence-electron chi connectivity index (χ3n) is 6.35.